The van der Waals surface area contributed by atoms with Crippen molar-refractivity contribution in [3.8, 4) is 22.3 Å². The molecule has 1 aromatic heterocycles. The average molecular weight is 705 g/mol. The van der Waals surface area contributed by atoms with Crippen molar-refractivity contribution >= 4 is 53.7 Å². The molecule has 1 N–H and O–H groups in total. The van der Waals surface area contributed by atoms with Crippen LogP contribution in [0.15, 0.2) is 187 Å². The SMILES string of the molecule is C1=C(c2ccc3c(c2)sc2ccccc23)NC(c2ccccc2)N=C1c1ccc2c(c1)-c1ccccc1C21c2ccccc2-c2c1ccc1ccccc21. The number of nitrogens with one attached hydrogen (secondary N) is 1. The topological polar surface area (TPSA) is 24.4 Å². The fourth-order valence-electron chi connectivity index (χ4n) is 9.62. The molecule has 2 nitrogen and oxygen atoms in total. The smallest absolute Gasteiger partial charge is 0.145 e. The number of thiophene rings is 1. The lowest BCUT2D eigenvalue weighted by atomic mass is 9.70. The van der Waals surface area contributed by atoms with Crippen molar-refractivity contribution < 1.29 is 0 Å². The molecule has 0 saturated carbocycles. The molecule has 3 heteroatoms. The van der Waals surface area contributed by atoms with E-state index in [0.29, 0.717) is 0 Å². The first-order chi connectivity index (χ1) is 26.8. The highest BCUT2D eigenvalue weighted by molar-refractivity contribution is 7.25. The molecule has 2 atom stereocenters. The number of aliphatic imine (C=N–C) groups is 1. The van der Waals surface area contributed by atoms with E-state index in [-0.39, 0.29) is 6.17 Å². The van der Waals surface area contributed by atoms with Gasteiger partial charge in [0.25, 0.3) is 0 Å². The van der Waals surface area contributed by atoms with Crippen LogP contribution in [0.1, 0.15) is 45.1 Å². The number of allylic oxidation sites excluding steroid dienone is 1. The van der Waals surface area contributed by atoms with Crippen molar-refractivity contribution in [3.63, 3.8) is 0 Å². The van der Waals surface area contributed by atoms with E-state index in [1.807, 2.05) is 11.3 Å². The molecule has 9 aromatic rings. The number of hydrogen-bond acceptors (Lipinski definition) is 3. The van der Waals surface area contributed by atoms with Crippen molar-refractivity contribution in [2.24, 2.45) is 4.99 Å². The number of benzene rings is 8. The molecular weight excluding hydrogens is 673 g/mol. The lowest BCUT2D eigenvalue weighted by molar-refractivity contribution is 0.664. The van der Waals surface area contributed by atoms with Crippen LogP contribution in [0.4, 0.5) is 0 Å². The lowest BCUT2D eigenvalue weighted by Crippen LogP contribution is -2.26. The van der Waals surface area contributed by atoms with Crippen molar-refractivity contribution in [2.75, 3.05) is 0 Å². The maximum absolute atomic E-state index is 5.40. The van der Waals surface area contributed by atoms with Crippen molar-refractivity contribution in [2.45, 2.75) is 11.6 Å². The second kappa shape index (κ2) is 11.2. The summed E-state index contributed by atoms with van der Waals surface area (Å²) in [6.45, 7) is 0. The largest absolute Gasteiger partial charge is 0.360 e. The third kappa shape index (κ3) is 4.07. The molecule has 8 aromatic carbocycles. The molecule has 252 valence electrons. The Labute approximate surface area is 317 Å². The van der Waals surface area contributed by atoms with E-state index in [1.165, 1.54) is 81.0 Å². The second-order valence-electron chi connectivity index (χ2n) is 14.6. The third-order valence-corrected chi connectivity index (χ3v) is 13.1. The van der Waals surface area contributed by atoms with Crippen LogP contribution in [-0.4, -0.2) is 5.71 Å². The lowest BCUT2D eigenvalue weighted by Gasteiger charge is -2.30. The Bertz CT molecular complexity index is 3090. The van der Waals surface area contributed by atoms with E-state index in [9.17, 15) is 0 Å². The van der Waals surface area contributed by atoms with Crippen LogP contribution in [0.5, 0.6) is 0 Å². The van der Waals surface area contributed by atoms with Gasteiger partial charge in [0, 0.05) is 31.4 Å². The second-order valence-corrected chi connectivity index (χ2v) is 15.7. The van der Waals surface area contributed by atoms with Crippen LogP contribution in [-0.2, 0) is 5.41 Å². The Kier molecular flexibility index (Phi) is 6.23. The predicted octanol–water partition coefficient (Wildman–Crippen LogP) is 12.7. The zero-order valence-electron chi connectivity index (χ0n) is 29.3. The van der Waals surface area contributed by atoms with Crippen LogP contribution >= 0.6 is 11.3 Å². The van der Waals surface area contributed by atoms with Gasteiger partial charge in [0.05, 0.1) is 11.1 Å². The molecule has 54 heavy (non-hydrogen) atoms. The van der Waals surface area contributed by atoms with E-state index in [0.717, 1.165) is 22.5 Å². The normalized spacial score (nSPS) is 17.9. The van der Waals surface area contributed by atoms with Gasteiger partial charge in [-0.05, 0) is 90.7 Å². The molecule has 2 heterocycles. The van der Waals surface area contributed by atoms with E-state index >= 15 is 0 Å². The van der Waals surface area contributed by atoms with Crippen molar-refractivity contribution in [3.05, 3.63) is 221 Å². The van der Waals surface area contributed by atoms with Gasteiger partial charge in [-0.15, -0.1) is 11.3 Å². The summed E-state index contributed by atoms with van der Waals surface area (Å²) in [5.74, 6) is 0. The van der Waals surface area contributed by atoms with Crippen LogP contribution in [0.25, 0.3) is 58.9 Å². The summed E-state index contributed by atoms with van der Waals surface area (Å²) in [6.07, 6.45) is 2.03. The molecule has 3 aliphatic rings. The van der Waals surface area contributed by atoms with Crippen LogP contribution in [0.3, 0.4) is 0 Å². The maximum atomic E-state index is 5.40. The first-order valence-corrected chi connectivity index (χ1v) is 19.5. The summed E-state index contributed by atoms with van der Waals surface area (Å²) < 4.78 is 2.61. The maximum Gasteiger partial charge on any atom is 0.145 e. The molecule has 0 amide bonds. The zero-order valence-corrected chi connectivity index (χ0v) is 30.1. The fourth-order valence-corrected chi connectivity index (χ4v) is 10.8. The number of rotatable bonds is 3. The van der Waals surface area contributed by atoms with Gasteiger partial charge in [-0.2, -0.15) is 0 Å². The molecule has 0 bridgehead atoms. The van der Waals surface area contributed by atoms with Gasteiger partial charge < -0.3 is 5.32 Å². The van der Waals surface area contributed by atoms with E-state index in [4.69, 9.17) is 4.99 Å². The molecule has 0 saturated heterocycles. The van der Waals surface area contributed by atoms with Crippen molar-refractivity contribution in [1.29, 1.82) is 0 Å². The van der Waals surface area contributed by atoms with Gasteiger partial charge >= 0.3 is 0 Å². The van der Waals surface area contributed by atoms with Gasteiger partial charge in [-0.1, -0.05) is 158 Å². The van der Waals surface area contributed by atoms with Gasteiger partial charge in [0.15, 0.2) is 0 Å². The minimum Gasteiger partial charge on any atom is -0.360 e. The van der Waals surface area contributed by atoms with E-state index in [1.54, 1.807) is 0 Å². The summed E-state index contributed by atoms with van der Waals surface area (Å²) in [7, 11) is 0. The minimum atomic E-state index is -0.399. The van der Waals surface area contributed by atoms with Gasteiger partial charge in [-0.25, -0.2) is 0 Å². The molecule has 2 aliphatic carbocycles. The Morgan fingerprint density at radius 1 is 0.481 bits per heavy atom. The molecule has 1 spiro atoms. The number of nitrogens with zero attached hydrogens (tertiary/aromatic N) is 1. The highest BCUT2D eigenvalue weighted by Gasteiger charge is 2.52. The van der Waals surface area contributed by atoms with Gasteiger partial charge in [0.2, 0.25) is 0 Å². The highest BCUT2D eigenvalue weighted by Crippen LogP contribution is 2.63. The Balaban J connectivity index is 1.06. The first-order valence-electron chi connectivity index (χ1n) is 18.7. The monoisotopic (exact) mass is 704 g/mol. The van der Waals surface area contributed by atoms with E-state index < -0.39 is 5.41 Å². The summed E-state index contributed by atoms with van der Waals surface area (Å²) in [4.78, 5) is 5.40. The molecular formula is C51H32N2S. The third-order valence-electron chi connectivity index (χ3n) is 11.9. The summed E-state index contributed by atoms with van der Waals surface area (Å²) in [6, 6.07) is 64.9. The quantitative estimate of drug-likeness (QED) is 0.195. The first kappa shape index (κ1) is 30.0. The van der Waals surface area contributed by atoms with Crippen LogP contribution < -0.4 is 5.32 Å². The van der Waals surface area contributed by atoms with Gasteiger partial charge in [0.1, 0.15) is 6.17 Å². The predicted molar refractivity (Wildman–Crippen MR) is 226 cm³/mol. The van der Waals surface area contributed by atoms with Gasteiger partial charge in [-0.3, -0.25) is 4.99 Å². The Morgan fingerprint density at radius 2 is 1.15 bits per heavy atom. The minimum absolute atomic E-state index is 0.215. The number of fused-ring (bicyclic) bond motifs is 15. The molecule has 12 rings (SSSR count). The van der Waals surface area contributed by atoms with Crippen LogP contribution in [0.2, 0.25) is 0 Å². The fraction of sp³-hybridized carbons (Fsp3) is 0.0392. The van der Waals surface area contributed by atoms with Crippen LogP contribution in [0, 0.1) is 0 Å². The zero-order chi connectivity index (χ0) is 35.4. The highest BCUT2D eigenvalue weighted by atomic mass is 32.1. The summed E-state index contributed by atoms with van der Waals surface area (Å²) >= 11 is 1.86. The summed E-state index contributed by atoms with van der Waals surface area (Å²) in [5.41, 5.74) is 15.7. The molecule has 0 radical (unpaired) electrons. The van der Waals surface area contributed by atoms with E-state index in [2.05, 4.69) is 187 Å². The number of hydrogen-bond donors (Lipinski definition) is 1. The summed E-state index contributed by atoms with van der Waals surface area (Å²) in [5, 5.41) is 9.01. The molecule has 0 fully saturated rings. The molecule has 2 unspecified atom stereocenters. The Hall–Kier alpha value is -6.55. The van der Waals surface area contributed by atoms with Crippen molar-refractivity contribution in [1.82, 2.24) is 5.32 Å². The molecule has 1 aliphatic heterocycles. The Morgan fingerprint density at radius 3 is 2.04 bits per heavy atom. The average Bonchev–Trinajstić information content (AvgIpc) is 3.87. The standard InChI is InChI=1S/C51H32N2S/c1-2-13-32(14-3-1)50-52-45(30-46(53-50)34-22-25-38-37-17-8-11-21-47(37)54-48(38)29-34)33-24-26-43-40(28-33)36-16-6-9-19-41(36)51(43)42-20-10-7-18-39(42)49-35-15-5-4-12-31(35)23-27-44(49)51/h1-30,50,53H.